The van der Waals surface area contributed by atoms with Gasteiger partial charge in [-0.3, -0.25) is 14.9 Å². The molecule has 5 nitrogen and oxygen atoms in total. The number of hydrogen-bond acceptors (Lipinski definition) is 4. The molecule has 148 valence electrons. The maximum Gasteiger partial charge on any atom is 0.319 e. The second kappa shape index (κ2) is 8.01. The molecule has 0 radical (unpaired) electrons. The fourth-order valence-corrected chi connectivity index (χ4v) is 8.09. The largest absolute Gasteiger partial charge is 0.534 e. The van der Waals surface area contributed by atoms with Crippen LogP contribution >= 0.6 is 0 Å². The first-order valence-corrected chi connectivity index (χ1v) is 11.2. The van der Waals surface area contributed by atoms with Crippen LogP contribution < -0.4 is 14.8 Å². The smallest absolute Gasteiger partial charge is 0.319 e. The van der Waals surface area contributed by atoms with E-state index >= 15 is 0 Å². The summed E-state index contributed by atoms with van der Waals surface area (Å²) in [5.41, 5.74) is -0.222. The third-order valence-corrected chi connectivity index (χ3v) is 9.96. The van der Waals surface area contributed by atoms with Crippen LogP contribution in [0.25, 0.3) is 0 Å². The normalized spacial score (nSPS) is 11.7. The van der Waals surface area contributed by atoms with Crippen LogP contribution in [0, 0.1) is 10.1 Å². The minimum atomic E-state index is -2.86. The van der Waals surface area contributed by atoms with Crippen LogP contribution in [-0.4, -0.2) is 19.5 Å². The van der Waals surface area contributed by atoms with Gasteiger partial charge in [0.05, 0.1) is 10.5 Å². The Morgan fingerprint density at radius 3 is 1.83 bits per heavy atom. The maximum atomic E-state index is 11.4. The van der Waals surface area contributed by atoms with Crippen molar-refractivity contribution in [1.82, 2.24) is 0 Å². The number of nitrogens with zero attached hydrogens (tertiary/aromatic N) is 1. The number of carbonyl (C=O) groups excluding carboxylic acids is 1. The fourth-order valence-electron chi connectivity index (χ4n) is 3.68. The van der Waals surface area contributed by atoms with Crippen LogP contribution in [0.5, 0.6) is 5.75 Å². The Hall–Kier alpha value is -3.25. The summed E-state index contributed by atoms with van der Waals surface area (Å²) in [7, 11) is -2.86. The molecule has 0 N–H and O–H groups in total. The molecule has 0 saturated heterocycles. The molecule has 0 fully saturated rings. The monoisotopic (exact) mass is 405 g/mol. The van der Waals surface area contributed by atoms with Crippen molar-refractivity contribution in [2.24, 2.45) is 0 Å². The molecule has 0 bridgehead atoms. The first-order chi connectivity index (χ1) is 13.8. The van der Waals surface area contributed by atoms with Gasteiger partial charge in [-0.1, -0.05) is 81.4 Å². The molecule has 0 unspecified atom stereocenters. The summed E-state index contributed by atoms with van der Waals surface area (Å²) < 4.78 is 6.77. The van der Waals surface area contributed by atoms with Crippen molar-refractivity contribution in [3.05, 3.63) is 94.5 Å². The summed E-state index contributed by atoms with van der Waals surface area (Å²) in [4.78, 5) is 22.1. The maximum absolute atomic E-state index is 11.4. The van der Waals surface area contributed by atoms with Crippen molar-refractivity contribution in [1.29, 1.82) is 0 Å². The van der Waals surface area contributed by atoms with Gasteiger partial charge in [0.25, 0.3) is 5.69 Å². The molecule has 0 saturated carbocycles. The topological polar surface area (TPSA) is 69.4 Å². The predicted octanol–water partition coefficient (Wildman–Crippen LogP) is 4.35. The number of hydrogen-bond donors (Lipinski definition) is 0. The molecule has 0 atom stereocenters. The molecule has 0 aliphatic rings. The van der Waals surface area contributed by atoms with E-state index < -0.39 is 13.2 Å². The Morgan fingerprint density at radius 2 is 1.41 bits per heavy atom. The fraction of sp³-hybridized carbons (Fsp3) is 0.174. The molecule has 0 amide bonds. The standard InChI is InChI=1S/C23H23NO4Si/c1-23(2,3)29(20-10-6-4-7-11-20,21-12-8-5-9-13-21)28-19-14-15-22(24(26)27)18(16-19)17-25/h4-17H,1-3H3. The van der Waals surface area contributed by atoms with Gasteiger partial charge in [0, 0.05) is 6.07 Å². The minimum Gasteiger partial charge on any atom is -0.534 e. The Bertz CT molecular complexity index is 975. The highest BCUT2D eigenvalue weighted by Crippen LogP contribution is 2.38. The van der Waals surface area contributed by atoms with Crippen LogP contribution in [0.2, 0.25) is 5.04 Å². The van der Waals surface area contributed by atoms with Gasteiger partial charge in [-0.05, 0) is 27.5 Å². The number of benzene rings is 3. The molecule has 6 heteroatoms. The number of aldehydes is 1. The van der Waals surface area contributed by atoms with Crippen LogP contribution in [0.3, 0.4) is 0 Å². The minimum absolute atomic E-state index is 0.00503. The van der Waals surface area contributed by atoms with Gasteiger partial charge >= 0.3 is 8.32 Å². The number of rotatable bonds is 6. The summed E-state index contributed by atoms with van der Waals surface area (Å²) in [6, 6.07) is 24.5. The van der Waals surface area contributed by atoms with Crippen LogP contribution in [0.15, 0.2) is 78.9 Å². The third kappa shape index (κ3) is 3.84. The van der Waals surface area contributed by atoms with Crippen molar-refractivity contribution < 1.29 is 14.1 Å². The van der Waals surface area contributed by atoms with E-state index in [9.17, 15) is 14.9 Å². The van der Waals surface area contributed by atoms with Gasteiger partial charge in [-0.2, -0.15) is 0 Å². The van der Waals surface area contributed by atoms with Crippen LogP contribution in [0.4, 0.5) is 5.69 Å². The first-order valence-electron chi connectivity index (χ1n) is 9.33. The second-order valence-corrected chi connectivity index (χ2v) is 12.1. The van der Waals surface area contributed by atoms with E-state index in [1.54, 1.807) is 6.07 Å². The molecule has 3 aromatic carbocycles. The molecule has 3 aromatic rings. The predicted molar refractivity (Wildman–Crippen MR) is 117 cm³/mol. The van der Waals surface area contributed by atoms with E-state index in [4.69, 9.17) is 4.43 Å². The Labute approximate surface area is 171 Å². The molecule has 29 heavy (non-hydrogen) atoms. The highest BCUT2D eigenvalue weighted by molar-refractivity contribution is 7.00. The summed E-state index contributed by atoms with van der Waals surface area (Å²) in [5.74, 6) is 0.451. The third-order valence-electron chi connectivity index (χ3n) is 5.01. The summed E-state index contributed by atoms with van der Waals surface area (Å²) in [6.07, 6.45) is 0.496. The first kappa shape index (κ1) is 20.5. The van der Waals surface area contributed by atoms with E-state index in [1.165, 1.54) is 12.1 Å². The second-order valence-electron chi connectivity index (χ2n) is 7.86. The lowest BCUT2D eigenvalue weighted by Gasteiger charge is -2.43. The lowest BCUT2D eigenvalue weighted by atomic mass is 10.2. The molecular formula is C23H23NO4Si. The van der Waals surface area contributed by atoms with E-state index in [2.05, 4.69) is 45.0 Å². The van der Waals surface area contributed by atoms with Gasteiger partial charge in [-0.25, -0.2) is 0 Å². The average Bonchev–Trinajstić information content (AvgIpc) is 2.72. The zero-order valence-corrected chi connectivity index (χ0v) is 17.7. The van der Waals surface area contributed by atoms with E-state index in [0.29, 0.717) is 12.0 Å². The lowest BCUT2D eigenvalue weighted by molar-refractivity contribution is -0.385. The number of carbonyl (C=O) groups is 1. The summed E-state index contributed by atoms with van der Waals surface area (Å²) >= 11 is 0. The zero-order chi connectivity index (χ0) is 21.1. The molecule has 0 spiro atoms. The van der Waals surface area contributed by atoms with Crippen molar-refractivity contribution in [3.63, 3.8) is 0 Å². The van der Waals surface area contributed by atoms with Crippen LogP contribution in [0.1, 0.15) is 31.1 Å². The Morgan fingerprint density at radius 1 is 0.897 bits per heavy atom. The van der Waals surface area contributed by atoms with Gasteiger partial charge in [0.15, 0.2) is 6.29 Å². The molecule has 0 heterocycles. The summed E-state index contributed by atoms with van der Waals surface area (Å²) in [5, 5.41) is 13.1. The Kier molecular flexibility index (Phi) is 5.65. The molecular weight excluding hydrogens is 382 g/mol. The van der Waals surface area contributed by atoms with E-state index in [1.807, 2.05) is 36.4 Å². The van der Waals surface area contributed by atoms with Crippen molar-refractivity contribution >= 4 is 30.7 Å². The number of nitro benzene ring substituents is 1. The van der Waals surface area contributed by atoms with E-state index in [-0.39, 0.29) is 16.3 Å². The van der Waals surface area contributed by atoms with Gasteiger partial charge < -0.3 is 4.43 Å². The van der Waals surface area contributed by atoms with Crippen LogP contribution in [-0.2, 0) is 0 Å². The quantitative estimate of drug-likeness (QED) is 0.265. The average molecular weight is 406 g/mol. The highest BCUT2D eigenvalue weighted by Gasteiger charge is 2.52. The Balaban J connectivity index is 2.24. The lowest BCUT2D eigenvalue weighted by Crippen LogP contribution is -2.68. The van der Waals surface area contributed by atoms with Gasteiger partial charge in [-0.15, -0.1) is 0 Å². The van der Waals surface area contributed by atoms with E-state index in [0.717, 1.165) is 10.4 Å². The van der Waals surface area contributed by atoms with Gasteiger partial charge in [0.2, 0.25) is 0 Å². The number of nitro groups is 1. The SMILES string of the molecule is CC(C)(C)[Si](Oc1ccc([N+](=O)[O-])c(C=O)c1)(c1ccccc1)c1ccccc1. The molecule has 0 aromatic heterocycles. The summed E-state index contributed by atoms with van der Waals surface area (Å²) in [6.45, 7) is 6.43. The van der Waals surface area contributed by atoms with Crippen molar-refractivity contribution in [2.45, 2.75) is 25.8 Å². The molecule has 0 aliphatic carbocycles. The molecule has 3 rings (SSSR count). The molecule has 0 aliphatic heterocycles. The van der Waals surface area contributed by atoms with Gasteiger partial charge in [0.1, 0.15) is 5.75 Å². The van der Waals surface area contributed by atoms with Crippen molar-refractivity contribution in [3.8, 4) is 5.75 Å². The zero-order valence-electron chi connectivity index (χ0n) is 16.7. The highest BCUT2D eigenvalue weighted by atomic mass is 28.4. The van der Waals surface area contributed by atoms with Crippen molar-refractivity contribution in [2.75, 3.05) is 0 Å².